The standard InChI is InChI=1S/C19H29NO/c1-2-3-4-5-6-7-8-11-14-20-19-17-13-10-9-12-16(17)15-18(19)21/h9-10,12-13,15,19-21H,2-8,11,14H2,1H3. The van der Waals surface area contributed by atoms with Gasteiger partial charge in [-0.25, -0.2) is 0 Å². The molecule has 116 valence electrons. The molecule has 1 aliphatic carbocycles. The average Bonchev–Trinajstić information content (AvgIpc) is 2.81. The van der Waals surface area contributed by atoms with E-state index in [1.807, 2.05) is 18.2 Å². The third-order valence-electron chi connectivity index (χ3n) is 4.28. The summed E-state index contributed by atoms with van der Waals surface area (Å²) in [4.78, 5) is 0. The van der Waals surface area contributed by atoms with Gasteiger partial charge in [0.15, 0.2) is 0 Å². The molecule has 0 saturated carbocycles. The van der Waals surface area contributed by atoms with Crippen molar-refractivity contribution in [1.82, 2.24) is 5.32 Å². The first-order chi connectivity index (χ1) is 10.3. The van der Waals surface area contributed by atoms with Gasteiger partial charge in [-0.15, -0.1) is 0 Å². The van der Waals surface area contributed by atoms with Crippen LogP contribution in [0.3, 0.4) is 0 Å². The Morgan fingerprint density at radius 2 is 1.62 bits per heavy atom. The quantitative estimate of drug-likeness (QED) is 0.567. The predicted octanol–water partition coefficient (Wildman–Crippen LogP) is 5.37. The minimum Gasteiger partial charge on any atom is -0.510 e. The summed E-state index contributed by atoms with van der Waals surface area (Å²) >= 11 is 0. The zero-order chi connectivity index (χ0) is 14.9. The van der Waals surface area contributed by atoms with Gasteiger partial charge in [-0.05, 0) is 30.2 Å². The largest absolute Gasteiger partial charge is 0.510 e. The molecule has 1 aromatic rings. The third kappa shape index (κ3) is 4.89. The van der Waals surface area contributed by atoms with Gasteiger partial charge in [0.25, 0.3) is 0 Å². The van der Waals surface area contributed by atoms with Gasteiger partial charge in [0.2, 0.25) is 0 Å². The van der Waals surface area contributed by atoms with E-state index >= 15 is 0 Å². The Labute approximate surface area is 129 Å². The maximum Gasteiger partial charge on any atom is 0.114 e. The molecule has 0 fully saturated rings. The SMILES string of the molecule is CCCCCCCCCCNC1C(O)=Cc2ccccc21. The van der Waals surface area contributed by atoms with Gasteiger partial charge in [0.1, 0.15) is 5.76 Å². The van der Waals surface area contributed by atoms with Crippen LogP contribution in [0.1, 0.15) is 75.5 Å². The number of fused-ring (bicyclic) bond motifs is 1. The molecule has 0 bridgehead atoms. The van der Waals surface area contributed by atoms with Crippen LogP contribution in [-0.2, 0) is 0 Å². The highest BCUT2D eigenvalue weighted by Gasteiger charge is 2.23. The topological polar surface area (TPSA) is 32.3 Å². The van der Waals surface area contributed by atoms with Crippen LogP contribution in [0.5, 0.6) is 0 Å². The van der Waals surface area contributed by atoms with Crippen LogP contribution in [0, 0.1) is 0 Å². The van der Waals surface area contributed by atoms with Crippen LogP contribution in [0.15, 0.2) is 30.0 Å². The molecule has 0 saturated heterocycles. The van der Waals surface area contributed by atoms with Crippen LogP contribution >= 0.6 is 0 Å². The molecule has 2 heteroatoms. The second-order valence-corrected chi connectivity index (χ2v) is 6.06. The van der Waals surface area contributed by atoms with E-state index < -0.39 is 0 Å². The van der Waals surface area contributed by atoms with E-state index in [0.717, 1.165) is 12.1 Å². The lowest BCUT2D eigenvalue weighted by Gasteiger charge is -2.15. The molecular weight excluding hydrogens is 258 g/mol. The summed E-state index contributed by atoms with van der Waals surface area (Å²) in [7, 11) is 0. The van der Waals surface area contributed by atoms with Gasteiger partial charge in [-0.1, -0.05) is 76.1 Å². The smallest absolute Gasteiger partial charge is 0.114 e. The Morgan fingerprint density at radius 1 is 0.952 bits per heavy atom. The lowest BCUT2D eigenvalue weighted by Crippen LogP contribution is -2.22. The van der Waals surface area contributed by atoms with Gasteiger partial charge in [-0.3, -0.25) is 0 Å². The van der Waals surface area contributed by atoms with Gasteiger partial charge >= 0.3 is 0 Å². The van der Waals surface area contributed by atoms with Crippen molar-refractivity contribution in [1.29, 1.82) is 0 Å². The monoisotopic (exact) mass is 287 g/mol. The van der Waals surface area contributed by atoms with Crippen molar-refractivity contribution >= 4 is 6.08 Å². The lowest BCUT2D eigenvalue weighted by molar-refractivity contribution is 0.351. The fourth-order valence-corrected chi connectivity index (χ4v) is 3.03. The normalized spacial score (nSPS) is 16.8. The number of nitrogens with one attached hydrogen (secondary N) is 1. The summed E-state index contributed by atoms with van der Waals surface area (Å²) < 4.78 is 0. The highest BCUT2D eigenvalue weighted by Crippen LogP contribution is 2.32. The number of aliphatic hydroxyl groups excluding tert-OH is 1. The van der Waals surface area contributed by atoms with Crippen molar-refractivity contribution in [3.8, 4) is 0 Å². The van der Waals surface area contributed by atoms with Crippen molar-refractivity contribution in [2.24, 2.45) is 0 Å². The van der Waals surface area contributed by atoms with E-state index in [-0.39, 0.29) is 6.04 Å². The summed E-state index contributed by atoms with van der Waals surface area (Å²) in [6, 6.07) is 8.22. The molecule has 0 aliphatic heterocycles. The molecule has 2 rings (SSSR count). The molecule has 2 N–H and O–H groups in total. The Morgan fingerprint density at radius 3 is 2.38 bits per heavy atom. The van der Waals surface area contributed by atoms with Crippen molar-refractivity contribution in [3.05, 3.63) is 41.2 Å². The van der Waals surface area contributed by atoms with Crippen molar-refractivity contribution < 1.29 is 5.11 Å². The zero-order valence-electron chi connectivity index (χ0n) is 13.3. The fourth-order valence-electron chi connectivity index (χ4n) is 3.03. The Balaban J connectivity index is 1.59. The second-order valence-electron chi connectivity index (χ2n) is 6.06. The average molecular weight is 287 g/mol. The van der Waals surface area contributed by atoms with E-state index in [0.29, 0.717) is 5.76 Å². The molecule has 0 spiro atoms. The minimum atomic E-state index is 0.00533. The van der Waals surface area contributed by atoms with E-state index in [4.69, 9.17) is 0 Å². The van der Waals surface area contributed by atoms with E-state index in [2.05, 4.69) is 24.4 Å². The van der Waals surface area contributed by atoms with Gasteiger partial charge in [0.05, 0.1) is 6.04 Å². The van der Waals surface area contributed by atoms with Crippen LogP contribution in [-0.4, -0.2) is 11.7 Å². The first kappa shape index (κ1) is 16.1. The molecule has 21 heavy (non-hydrogen) atoms. The molecule has 1 aromatic carbocycles. The van der Waals surface area contributed by atoms with Crippen molar-refractivity contribution in [2.75, 3.05) is 6.54 Å². The molecule has 0 radical (unpaired) electrons. The van der Waals surface area contributed by atoms with Gasteiger partial charge in [-0.2, -0.15) is 0 Å². The van der Waals surface area contributed by atoms with E-state index in [1.54, 1.807) is 0 Å². The van der Waals surface area contributed by atoms with Crippen LogP contribution in [0.4, 0.5) is 0 Å². The highest BCUT2D eigenvalue weighted by atomic mass is 16.3. The van der Waals surface area contributed by atoms with Crippen molar-refractivity contribution in [2.45, 2.75) is 64.3 Å². The summed E-state index contributed by atoms with van der Waals surface area (Å²) in [5, 5.41) is 13.5. The Hall–Kier alpha value is -1.28. The Kier molecular flexibility index (Phi) is 6.81. The van der Waals surface area contributed by atoms with Gasteiger partial charge < -0.3 is 10.4 Å². The Bertz CT molecular complexity index is 453. The molecule has 0 aromatic heterocycles. The molecule has 0 heterocycles. The minimum absolute atomic E-state index is 0.00533. The maximum atomic E-state index is 10.0. The number of rotatable bonds is 10. The summed E-state index contributed by atoms with van der Waals surface area (Å²) in [5.74, 6) is 0.454. The number of unbranched alkanes of at least 4 members (excludes halogenated alkanes) is 7. The zero-order valence-corrected chi connectivity index (χ0v) is 13.3. The summed E-state index contributed by atoms with van der Waals surface area (Å²) in [6.45, 7) is 3.24. The first-order valence-corrected chi connectivity index (χ1v) is 8.55. The number of benzene rings is 1. The third-order valence-corrected chi connectivity index (χ3v) is 4.28. The molecule has 2 nitrogen and oxygen atoms in total. The number of hydrogen-bond acceptors (Lipinski definition) is 2. The van der Waals surface area contributed by atoms with Crippen LogP contribution in [0.2, 0.25) is 0 Å². The maximum absolute atomic E-state index is 10.0. The molecule has 0 amide bonds. The molecule has 1 atom stereocenters. The molecular formula is C19H29NO. The van der Waals surface area contributed by atoms with Crippen LogP contribution < -0.4 is 5.32 Å². The highest BCUT2D eigenvalue weighted by molar-refractivity contribution is 5.64. The number of hydrogen-bond donors (Lipinski definition) is 2. The van der Waals surface area contributed by atoms with E-state index in [1.165, 1.54) is 56.9 Å². The summed E-state index contributed by atoms with van der Waals surface area (Å²) in [5.41, 5.74) is 2.35. The lowest BCUT2D eigenvalue weighted by atomic mass is 10.1. The summed E-state index contributed by atoms with van der Waals surface area (Å²) in [6.07, 6.45) is 12.6. The second kappa shape index (κ2) is 8.89. The van der Waals surface area contributed by atoms with Crippen molar-refractivity contribution in [3.63, 3.8) is 0 Å². The fraction of sp³-hybridized carbons (Fsp3) is 0.579. The van der Waals surface area contributed by atoms with Crippen LogP contribution in [0.25, 0.3) is 6.08 Å². The molecule has 1 unspecified atom stereocenters. The van der Waals surface area contributed by atoms with Gasteiger partial charge in [0, 0.05) is 0 Å². The number of aliphatic hydroxyl groups is 1. The van der Waals surface area contributed by atoms with E-state index in [9.17, 15) is 5.11 Å². The predicted molar refractivity (Wildman–Crippen MR) is 90.4 cm³/mol. The first-order valence-electron chi connectivity index (χ1n) is 8.55. The molecule has 1 aliphatic rings.